The van der Waals surface area contributed by atoms with Crippen LogP contribution in [0.2, 0.25) is 10.0 Å². The van der Waals surface area contributed by atoms with Crippen molar-refractivity contribution in [3.05, 3.63) is 45.6 Å². The summed E-state index contributed by atoms with van der Waals surface area (Å²) in [7, 11) is 0. The second-order valence-corrected chi connectivity index (χ2v) is 6.17. The SMILES string of the molecule is Cc1cc(NN=Cc2ccc(Cl)cc2Cl)nc(N2CCOCC2)n1. The molecule has 126 valence electrons. The number of hydrazone groups is 1. The minimum Gasteiger partial charge on any atom is -0.378 e. The van der Waals surface area contributed by atoms with Gasteiger partial charge in [0.1, 0.15) is 0 Å². The fourth-order valence-electron chi connectivity index (χ4n) is 2.29. The van der Waals surface area contributed by atoms with Crippen molar-refractivity contribution in [2.45, 2.75) is 6.92 Å². The molecule has 1 N–H and O–H groups in total. The third kappa shape index (κ3) is 4.35. The molecule has 0 radical (unpaired) electrons. The van der Waals surface area contributed by atoms with Gasteiger partial charge in [-0.05, 0) is 19.1 Å². The molecule has 1 aliphatic rings. The van der Waals surface area contributed by atoms with Crippen molar-refractivity contribution in [1.29, 1.82) is 0 Å². The first kappa shape index (κ1) is 17.0. The highest BCUT2D eigenvalue weighted by Gasteiger charge is 2.14. The third-order valence-electron chi connectivity index (χ3n) is 3.48. The first-order valence-electron chi connectivity index (χ1n) is 7.54. The number of halogens is 2. The number of rotatable bonds is 4. The van der Waals surface area contributed by atoms with Crippen molar-refractivity contribution in [2.24, 2.45) is 5.10 Å². The molecule has 6 nitrogen and oxygen atoms in total. The molecule has 2 heterocycles. The summed E-state index contributed by atoms with van der Waals surface area (Å²) in [5.41, 5.74) is 4.56. The molecule has 1 fully saturated rings. The van der Waals surface area contributed by atoms with E-state index in [-0.39, 0.29) is 0 Å². The van der Waals surface area contributed by atoms with Crippen LogP contribution in [-0.2, 0) is 4.74 Å². The quantitative estimate of drug-likeness (QED) is 0.664. The van der Waals surface area contributed by atoms with Crippen LogP contribution in [0.3, 0.4) is 0 Å². The maximum atomic E-state index is 6.12. The molecule has 0 saturated carbocycles. The monoisotopic (exact) mass is 365 g/mol. The van der Waals surface area contributed by atoms with Crippen LogP contribution in [0.1, 0.15) is 11.3 Å². The van der Waals surface area contributed by atoms with Crippen LogP contribution in [0.4, 0.5) is 11.8 Å². The molecule has 0 spiro atoms. The molecule has 8 heteroatoms. The Bertz CT molecular complexity index is 747. The fraction of sp³-hybridized carbons (Fsp3) is 0.312. The van der Waals surface area contributed by atoms with Gasteiger partial charge in [-0.3, -0.25) is 5.43 Å². The number of hydrogen-bond acceptors (Lipinski definition) is 6. The first-order chi connectivity index (χ1) is 11.6. The van der Waals surface area contributed by atoms with Gasteiger partial charge in [0, 0.05) is 35.4 Å². The molecule has 1 aliphatic heterocycles. The summed E-state index contributed by atoms with van der Waals surface area (Å²) >= 11 is 12.0. The Morgan fingerprint density at radius 3 is 2.75 bits per heavy atom. The summed E-state index contributed by atoms with van der Waals surface area (Å²) in [4.78, 5) is 11.1. The summed E-state index contributed by atoms with van der Waals surface area (Å²) in [5, 5.41) is 5.33. The highest BCUT2D eigenvalue weighted by molar-refractivity contribution is 6.36. The van der Waals surface area contributed by atoms with E-state index in [0.29, 0.717) is 35.0 Å². The maximum Gasteiger partial charge on any atom is 0.227 e. The highest BCUT2D eigenvalue weighted by Crippen LogP contribution is 2.20. The molecule has 3 rings (SSSR count). The molecule has 1 aromatic carbocycles. The zero-order valence-corrected chi connectivity index (χ0v) is 14.7. The fourth-order valence-corrected chi connectivity index (χ4v) is 2.75. The van der Waals surface area contributed by atoms with Crippen LogP contribution in [0.25, 0.3) is 0 Å². The number of benzene rings is 1. The van der Waals surface area contributed by atoms with E-state index in [1.807, 2.05) is 13.0 Å². The van der Waals surface area contributed by atoms with Gasteiger partial charge in [-0.1, -0.05) is 29.3 Å². The normalized spacial score (nSPS) is 15.0. The van der Waals surface area contributed by atoms with Crippen molar-refractivity contribution in [2.75, 3.05) is 36.6 Å². The van der Waals surface area contributed by atoms with Crippen LogP contribution < -0.4 is 10.3 Å². The van der Waals surface area contributed by atoms with Gasteiger partial charge in [-0.15, -0.1) is 0 Å². The van der Waals surface area contributed by atoms with E-state index >= 15 is 0 Å². The van der Waals surface area contributed by atoms with E-state index in [0.717, 1.165) is 24.3 Å². The Labute approximate surface area is 150 Å². The number of nitrogens with zero attached hydrogens (tertiary/aromatic N) is 4. The average Bonchev–Trinajstić information content (AvgIpc) is 2.57. The van der Waals surface area contributed by atoms with Crippen molar-refractivity contribution >= 4 is 41.2 Å². The lowest BCUT2D eigenvalue weighted by Crippen LogP contribution is -2.37. The number of morpholine rings is 1. The molecule has 0 amide bonds. The lowest BCUT2D eigenvalue weighted by molar-refractivity contribution is 0.122. The van der Waals surface area contributed by atoms with E-state index in [1.54, 1.807) is 24.4 Å². The Hall–Kier alpha value is -1.89. The van der Waals surface area contributed by atoms with Gasteiger partial charge in [-0.25, -0.2) is 4.98 Å². The van der Waals surface area contributed by atoms with Gasteiger partial charge in [0.2, 0.25) is 5.95 Å². The molecule has 0 atom stereocenters. The van der Waals surface area contributed by atoms with Crippen LogP contribution >= 0.6 is 23.2 Å². The number of hydrogen-bond donors (Lipinski definition) is 1. The Balaban J connectivity index is 1.72. The molecular weight excluding hydrogens is 349 g/mol. The zero-order valence-electron chi connectivity index (χ0n) is 13.2. The van der Waals surface area contributed by atoms with Crippen molar-refractivity contribution in [1.82, 2.24) is 9.97 Å². The zero-order chi connectivity index (χ0) is 16.9. The molecule has 24 heavy (non-hydrogen) atoms. The van der Waals surface area contributed by atoms with E-state index in [1.165, 1.54) is 0 Å². The number of aryl methyl sites for hydroxylation is 1. The molecule has 0 aliphatic carbocycles. The summed E-state index contributed by atoms with van der Waals surface area (Å²) in [6.45, 7) is 4.87. The number of anilines is 2. The molecule has 0 bridgehead atoms. The predicted molar refractivity (Wildman–Crippen MR) is 97.5 cm³/mol. The molecule has 1 saturated heterocycles. The molecule has 0 unspecified atom stereocenters. The van der Waals surface area contributed by atoms with E-state index in [4.69, 9.17) is 27.9 Å². The average molecular weight is 366 g/mol. The van der Waals surface area contributed by atoms with Gasteiger partial charge < -0.3 is 9.64 Å². The van der Waals surface area contributed by atoms with E-state index in [2.05, 4.69) is 25.4 Å². The van der Waals surface area contributed by atoms with Gasteiger partial charge in [0.05, 0.1) is 24.5 Å². The first-order valence-corrected chi connectivity index (χ1v) is 8.30. The lowest BCUT2D eigenvalue weighted by Gasteiger charge is -2.27. The lowest BCUT2D eigenvalue weighted by atomic mass is 10.2. The standard InChI is InChI=1S/C16H17Cl2N5O/c1-11-8-15(21-16(20-11)23-4-6-24-7-5-23)22-19-10-12-2-3-13(17)9-14(12)18/h2-3,8-10H,4-7H2,1H3,(H,20,21,22). The van der Waals surface area contributed by atoms with Crippen LogP contribution in [0.5, 0.6) is 0 Å². The summed E-state index contributed by atoms with van der Waals surface area (Å²) in [6, 6.07) is 7.08. The van der Waals surface area contributed by atoms with E-state index in [9.17, 15) is 0 Å². The topological polar surface area (TPSA) is 62.6 Å². The van der Waals surface area contributed by atoms with Gasteiger partial charge in [-0.2, -0.15) is 10.1 Å². The smallest absolute Gasteiger partial charge is 0.227 e. The molecular formula is C16H17Cl2N5O. The van der Waals surface area contributed by atoms with Crippen molar-refractivity contribution < 1.29 is 4.74 Å². The predicted octanol–water partition coefficient (Wildman–Crippen LogP) is 3.37. The van der Waals surface area contributed by atoms with Gasteiger partial charge in [0.15, 0.2) is 5.82 Å². The van der Waals surface area contributed by atoms with Crippen molar-refractivity contribution in [3.8, 4) is 0 Å². The number of ether oxygens (including phenoxy) is 1. The second kappa shape index (κ2) is 7.79. The minimum atomic E-state index is 0.543. The highest BCUT2D eigenvalue weighted by atomic mass is 35.5. The number of nitrogens with one attached hydrogen (secondary N) is 1. The molecule has 1 aromatic heterocycles. The Morgan fingerprint density at radius 1 is 1.21 bits per heavy atom. The van der Waals surface area contributed by atoms with Crippen LogP contribution in [-0.4, -0.2) is 42.5 Å². The Morgan fingerprint density at radius 2 is 2.00 bits per heavy atom. The second-order valence-electron chi connectivity index (χ2n) is 5.33. The summed E-state index contributed by atoms with van der Waals surface area (Å²) < 4.78 is 5.36. The van der Waals surface area contributed by atoms with E-state index < -0.39 is 0 Å². The number of aromatic nitrogens is 2. The Kier molecular flexibility index (Phi) is 5.50. The maximum absolute atomic E-state index is 6.12. The van der Waals surface area contributed by atoms with Crippen LogP contribution in [0.15, 0.2) is 29.4 Å². The van der Waals surface area contributed by atoms with Crippen LogP contribution in [0, 0.1) is 6.92 Å². The third-order valence-corrected chi connectivity index (χ3v) is 4.04. The summed E-state index contributed by atoms with van der Waals surface area (Å²) in [6.07, 6.45) is 1.63. The minimum absolute atomic E-state index is 0.543. The largest absolute Gasteiger partial charge is 0.378 e. The molecule has 2 aromatic rings. The van der Waals surface area contributed by atoms with Crippen molar-refractivity contribution in [3.63, 3.8) is 0 Å². The summed E-state index contributed by atoms with van der Waals surface area (Å²) in [5.74, 6) is 1.31. The van der Waals surface area contributed by atoms with Gasteiger partial charge >= 0.3 is 0 Å². The van der Waals surface area contributed by atoms with Gasteiger partial charge in [0.25, 0.3) is 0 Å².